The first-order valence-electron chi connectivity index (χ1n) is 9.45. The lowest BCUT2D eigenvalue weighted by molar-refractivity contribution is 1.41. The van der Waals surface area contributed by atoms with E-state index in [0.717, 1.165) is 6.42 Å². The van der Waals surface area contributed by atoms with E-state index in [2.05, 4.69) is 109 Å². The highest BCUT2D eigenvalue weighted by Crippen LogP contribution is 2.35. The van der Waals surface area contributed by atoms with Gasteiger partial charge in [-0.3, -0.25) is 0 Å². The molecule has 0 aliphatic heterocycles. The quantitative estimate of drug-likeness (QED) is 0.332. The van der Waals surface area contributed by atoms with E-state index in [-0.39, 0.29) is 0 Å². The van der Waals surface area contributed by atoms with Crippen molar-refractivity contribution in [2.24, 2.45) is 0 Å². The highest BCUT2D eigenvalue weighted by molar-refractivity contribution is 6.10. The predicted octanol–water partition coefficient (Wildman–Crippen LogP) is 7.42. The molecule has 5 rings (SSSR count). The summed E-state index contributed by atoms with van der Waals surface area (Å²) in [7, 11) is 0. The zero-order valence-corrected chi connectivity index (χ0v) is 15.1. The SMILES string of the molecule is C1=CC(c2c3ccccc3cc3ccccc23)=CCC=C1c1ccccc1. The van der Waals surface area contributed by atoms with Gasteiger partial charge in [-0.1, -0.05) is 103 Å². The van der Waals surface area contributed by atoms with Crippen LogP contribution in [0.3, 0.4) is 0 Å². The molecule has 0 unspecified atom stereocenters. The summed E-state index contributed by atoms with van der Waals surface area (Å²) in [5.74, 6) is 0. The number of benzene rings is 4. The van der Waals surface area contributed by atoms with Gasteiger partial charge >= 0.3 is 0 Å². The Bertz CT molecular complexity index is 1170. The van der Waals surface area contributed by atoms with Crippen LogP contribution in [0.15, 0.2) is 109 Å². The summed E-state index contributed by atoms with van der Waals surface area (Å²) in [6.07, 6.45) is 10.1. The van der Waals surface area contributed by atoms with Crippen molar-refractivity contribution in [3.05, 3.63) is 120 Å². The van der Waals surface area contributed by atoms with E-state index in [1.54, 1.807) is 0 Å². The molecule has 0 aromatic heterocycles. The second kappa shape index (κ2) is 6.74. The van der Waals surface area contributed by atoms with E-state index in [0.29, 0.717) is 0 Å². The molecule has 0 radical (unpaired) electrons. The maximum atomic E-state index is 2.35. The third-order valence-corrected chi connectivity index (χ3v) is 5.29. The zero-order chi connectivity index (χ0) is 18.1. The largest absolute Gasteiger partial charge is 0.0728 e. The summed E-state index contributed by atoms with van der Waals surface area (Å²) in [4.78, 5) is 0. The maximum Gasteiger partial charge on any atom is -0.00299 e. The number of hydrogen-bond donors (Lipinski definition) is 0. The van der Waals surface area contributed by atoms with Crippen molar-refractivity contribution in [3.63, 3.8) is 0 Å². The standard InChI is InChI=1S/C27H20/c1-2-9-20(10-3-1)21-13-8-14-22(18-17-21)27-25-15-6-4-11-23(25)19-24-12-5-7-16-26(24)27/h1-7,9-19H,8H2. The Morgan fingerprint density at radius 2 is 1.07 bits per heavy atom. The van der Waals surface area contributed by atoms with Gasteiger partial charge in [-0.15, -0.1) is 0 Å². The van der Waals surface area contributed by atoms with Crippen molar-refractivity contribution in [2.75, 3.05) is 0 Å². The summed E-state index contributed by atoms with van der Waals surface area (Å²) in [6.45, 7) is 0. The summed E-state index contributed by atoms with van der Waals surface area (Å²) in [5, 5.41) is 5.22. The third-order valence-electron chi connectivity index (χ3n) is 5.29. The first-order valence-corrected chi connectivity index (χ1v) is 9.45. The minimum Gasteiger partial charge on any atom is -0.0728 e. The molecule has 4 aromatic carbocycles. The summed E-state index contributed by atoms with van der Waals surface area (Å²) < 4.78 is 0. The fourth-order valence-electron chi connectivity index (χ4n) is 3.98. The van der Waals surface area contributed by atoms with Crippen LogP contribution >= 0.6 is 0 Å². The van der Waals surface area contributed by atoms with Gasteiger partial charge in [0.25, 0.3) is 0 Å². The first kappa shape index (κ1) is 15.8. The van der Waals surface area contributed by atoms with Crippen LogP contribution in [0.1, 0.15) is 17.5 Å². The van der Waals surface area contributed by atoms with Gasteiger partial charge in [-0.05, 0) is 56.3 Å². The molecule has 1 aliphatic rings. The van der Waals surface area contributed by atoms with Crippen LogP contribution in [0, 0.1) is 0 Å². The predicted molar refractivity (Wildman–Crippen MR) is 118 cm³/mol. The van der Waals surface area contributed by atoms with Gasteiger partial charge in [0.05, 0.1) is 0 Å². The second-order valence-corrected chi connectivity index (χ2v) is 6.95. The van der Waals surface area contributed by atoms with Crippen LogP contribution in [0.5, 0.6) is 0 Å². The topological polar surface area (TPSA) is 0 Å². The van der Waals surface area contributed by atoms with Crippen LogP contribution in [0.25, 0.3) is 32.7 Å². The molecule has 27 heavy (non-hydrogen) atoms. The molecule has 0 heterocycles. The molecular weight excluding hydrogens is 324 g/mol. The molecule has 0 atom stereocenters. The number of hydrogen-bond acceptors (Lipinski definition) is 0. The van der Waals surface area contributed by atoms with E-state index >= 15 is 0 Å². The average Bonchev–Trinajstić information content (AvgIpc) is 2.99. The molecule has 0 nitrogen and oxygen atoms in total. The van der Waals surface area contributed by atoms with Gasteiger partial charge in [-0.25, -0.2) is 0 Å². The molecular formula is C27H20. The Kier molecular flexibility index (Phi) is 3.95. The van der Waals surface area contributed by atoms with E-state index in [4.69, 9.17) is 0 Å². The lowest BCUT2D eigenvalue weighted by Crippen LogP contribution is -1.88. The Morgan fingerprint density at radius 3 is 1.78 bits per heavy atom. The molecule has 1 aliphatic carbocycles. The molecule has 0 fully saturated rings. The van der Waals surface area contributed by atoms with Crippen LogP contribution in [-0.2, 0) is 0 Å². The van der Waals surface area contributed by atoms with E-state index < -0.39 is 0 Å². The Hall–Kier alpha value is -3.38. The minimum atomic E-state index is 0.935. The summed E-state index contributed by atoms with van der Waals surface area (Å²) in [6, 6.07) is 30.3. The number of rotatable bonds is 2. The van der Waals surface area contributed by atoms with Gasteiger partial charge in [-0.2, -0.15) is 0 Å². The highest BCUT2D eigenvalue weighted by atomic mass is 14.1. The molecule has 128 valence electrons. The lowest BCUT2D eigenvalue weighted by atomic mass is 9.91. The molecule has 0 amide bonds. The molecule has 0 heteroatoms. The Morgan fingerprint density at radius 1 is 0.519 bits per heavy atom. The zero-order valence-electron chi connectivity index (χ0n) is 15.1. The van der Waals surface area contributed by atoms with Gasteiger partial charge in [0, 0.05) is 0 Å². The average molecular weight is 344 g/mol. The van der Waals surface area contributed by atoms with Crippen molar-refractivity contribution >= 4 is 32.7 Å². The smallest absolute Gasteiger partial charge is 0.00299 e. The van der Waals surface area contributed by atoms with Crippen molar-refractivity contribution in [3.8, 4) is 0 Å². The van der Waals surface area contributed by atoms with Crippen molar-refractivity contribution in [1.82, 2.24) is 0 Å². The Balaban J connectivity index is 1.68. The highest BCUT2D eigenvalue weighted by Gasteiger charge is 2.11. The second-order valence-electron chi connectivity index (χ2n) is 6.95. The van der Waals surface area contributed by atoms with E-state index in [1.165, 1.54) is 43.8 Å². The monoisotopic (exact) mass is 344 g/mol. The van der Waals surface area contributed by atoms with Gasteiger partial charge in [0.1, 0.15) is 0 Å². The molecule has 0 saturated carbocycles. The lowest BCUT2D eigenvalue weighted by Gasteiger charge is -2.12. The summed E-state index contributed by atoms with van der Waals surface area (Å²) >= 11 is 0. The number of fused-ring (bicyclic) bond motifs is 2. The first-order chi connectivity index (χ1) is 13.4. The fourth-order valence-corrected chi connectivity index (χ4v) is 3.98. The van der Waals surface area contributed by atoms with Crippen molar-refractivity contribution in [2.45, 2.75) is 6.42 Å². The summed E-state index contributed by atoms with van der Waals surface area (Å²) in [5.41, 5.74) is 5.19. The van der Waals surface area contributed by atoms with E-state index in [1.807, 2.05) is 0 Å². The van der Waals surface area contributed by atoms with E-state index in [9.17, 15) is 0 Å². The molecule has 0 saturated heterocycles. The fraction of sp³-hybridized carbons (Fsp3) is 0.0370. The third kappa shape index (κ3) is 2.90. The van der Waals surface area contributed by atoms with Crippen LogP contribution in [-0.4, -0.2) is 0 Å². The van der Waals surface area contributed by atoms with Gasteiger partial charge in [0.15, 0.2) is 0 Å². The van der Waals surface area contributed by atoms with Crippen LogP contribution < -0.4 is 0 Å². The Labute approximate surface area is 159 Å². The maximum absolute atomic E-state index is 2.35. The molecule has 0 N–H and O–H groups in total. The van der Waals surface area contributed by atoms with Crippen molar-refractivity contribution in [1.29, 1.82) is 0 Å². The van der Waals surface area contributed by atoms with Crippen LogP contribution in [0.4, 0.5) is 0 Å². The van der Waals surface area contributed by atoms with Gasteiger partial charge in [0.2, 0.25) is 0 Å². The number of allylic oxidation sites excluding steroid dienone is 6. The normalized spacial score (nSPS) is 14.1. The van der Waals surface area contributed by atoms with Crippen molar-refractivity contribution < 1.29 is 0 Å². The molecule has 0 bridgehead atoms. The minimum absolute atomic E-state index is 0.935. The molecule has 0 spiro atoms. The van der Waals surface area contributed by atoms with Gasteiger partial charge < -0.3 is 0 Å². The molecule has 4 aromatic rings. The van der Waals surface area contributed by atoms with Crippen LogP contribution in [0.2, 0.25) is 0 Å².